The second kappa shape index (κ2) is 5.92. The van der Waals surface area contributed by atoms with E-state index in [1.807, 2.05) is 51.1 Å². The van der Waals surface area contributed by atoms with Gasteiger partial charge in [-0.25, -0.2) is 4.79 Å². The molecule has 3 aromatic carbocycles. The Morgan fingerprint density at radius 3 is 2.26 bits per heavy atom. The van der Waals surface area contributed by atoms with Gasteiger partial charge < -0.3 is 9.47 Å². The Hall–Kier alpha value is -2.55. The van der Waals surface area contributed by atoms with Crippen molar-refractivity contribution in [2.24, 2.45) is 0 Å². The first kappa shape index (κ1) is 15.3. The van der Waals surface area contributed by atoms with Crippen LogP contribution in [-0.2, 0) is 9.53 Å². The van der Waals surface area contributed by atoms with Gasteiger partial charge in [-0.3, -0.25) is 0 Å². The Bertz CT molecular complexity index is 860. The van der Waals surface area contributed by atoms with E-state index in [4.69, 9.17) is 9.47 Å². The number of carbonyl (C=O) groups excluding carboxylic acids is 1. The van der Waals surface area contributed by atoms with Crippen LogP contribution in [0, 0.1) is 0 Å². The molecule has 0 radical (unpaired) electrons. The van der Waals surface area contributed by atoms with Crippen LogP contribution >= 0.6 is 0 Å². The monoisotopic (exact) mass is 308 g/mol. The lowest BCUT2D eigenvalue weighted by Crippen LogP contribution is -2.27. The van der Waals surface area contributed by atoms with Gasteiger partial charge in [-0.1, -0.05) is 36.4 Å². The molecule has 3 nitrogen and oxygen atoms in total. The third-order valence-electron chi connectivity index (χ3n) is 3.47. The third kappa shape index (κ3) is 3.62. The fourth-order valence-electron chi connectivity index (χ4n) is 2.57. The van der Waals surface area contributed by atoms with Crippen LogP contribution in [0.4, 0.5) is 0 Å². The lowest BCUT2D eigenvalue weighted by Gasteiger charge is -2.19. The van der Waals surface area contributed by atoms with Crippen LogP contribution < -0.4 is 4.74 Å². The summed E-state index contributed by atoms with van der Waals surface area (Å²) in [7, 11) is 0. The van der Waals surface area contributed by atoms with E-state index in [-0.39, 0.29) is 12.6 Å². The number of hydrogen-bond acceptors (Lipinski definition) is 3. The van der Waals surface area contributed by atoms with Crippen LogP contribution in [0.25, 0.3) is 21.5 Å². The number of hydrogen-bond donors (Lipinski definition) is 0. The molecule has 0 aliphatic carbocycles. The Balaban J connectivity index is 1.89. The minimum Gasteiger partial charge on any atom is -0.481 e. The fraction of sp³-hybridized carbons (Fsp3) is 0.250. The molecule has 3 heteroatoms. The maximum absolute atomic E-state index is 11.8. The molecule has 0 aliphatic rings. The zero-order chi connectivity index (χ0) is 16.4. The van der Waals surface area contributed by atoms with Gasteiger partial charge in [-0.15, -0.1) is 0 Å². The maximum atomic E-state index is 11.8. The average molecular weight is 308 g/mol. The van der Waals surface area contributed by atoms with E-state index >= 15 is 0 Å². The van der Waals surface area contributed by atoms with Crippen molar-refractivity contribution in [2.75, 3.05) is 6.61 Å². The van der Waals surface area contributed by atoms with Crippen molar-refractivity contribution < 1.29 is 14.3 Å². The van der Waals surface area contributed by atoms with E-state index in [0.717, 1.165) is 16.2 Å². The van der Waals surface area contributed by atoms with E-state index in [1.54, 1.807) is 0 Å². The molecule has 0 saturated carbocycles. The number of ether oxygens (including phenoxy) is 2. The molecule has 3 rings (SSSR count). The van der Waals surface area contributed by atoms with Gasteiger partial charge in [-0.2, -0.15) is 0 Å². The lowest BCUT2D eigenvalue weighted by molar-refractivity contribution is -0.157. The molecule has 0 aromatic heterocycles. The van der Waals surface area contributed by atoms with Gasteiger partial charge in [0.1, 0.15) is 11.4 Å². The number of rotatable bonds is 3. The first-order valence-electron chi connectivity index (χ1n) is 7.68. The molecule has 23 heavy (non-hydrogen) atoms. The predicted octanol–water partition coefficient (Wildman–Crippen LogP) is 4.71. The Kier molecular flexibility index (Phi) is 3.95. The summed E-state index contributed by atoms with van der Waals surface area (Å²) >= 11 is 0. The highest BCUT2D eigenvalue weighted by molar-refractivity contribution is 6.00. The van der Waals surface area contributed by atoms with Gasteiger partial charge in [0.2, 0.25) is 0 Å². The van der Waals surface area contributed by atoms with Crippen molar-refractivity contribution in [3.8, 4) is 5.75 Å². The smallest absolute Gasteiger partial charge is 0.344 e. The minimum atomic E-state index is -0.505. The SMILES string of the molecule is CC(C)(C)OC(=O)COc1cccc2cc3ccccc3cc12. The van der Waals surface area contributed by atoms with Crippen molar-refractivity contribution in [2.45, 2.75) is 26.4 Å². The van der Waals surface area contributed by atoms with Crippen LogP contribution in [0.2, 0.25) is 0 Å². The Morgan fingerprint density at radius 1 is 0.913 bits per heavy atom. The number of benzene rings is 3. The second-order valence-corrected chi connectivity index (χ2v) is 6.55. The van der Waals surface area contributed by atoms with Crippen LogP contribution in [0.1, 0.15) is 20.8 Å². The van der Waals surface area contributed by atoms with E-state index < -0.39 is 5.60 Å². The summed E-state index contributed by atoms with van der Waals surface area (Å²) in [5.41, 5.74) is -0.505. The Morgan fingerprint density at radius 2 is 1.57 bits per heavy atom. The average Bonchev–Trinajstić information content (AvgIpc) is 2.49. The van der Waals surface area contributed by atoms with Crippen LogP contribution in [0.15, 0.2) is 54.6 Å². The molecular weight excluding hydrogens is 288 g/mol. The molecule has 0 amide bonds. The predicted molar refractivity (Wildman–Crippen MR) is 92.8 cm³/mol. The number of fused-ring (bicyclic) bond motifs is 2. The van der Waals surface area contributed by atoms with Gasteiger partial charge in [-0.05, 0) is 55.1 Å². The molecule has 0 saturated heterocycles. The van der Waals surface area contributed by atoms with Crippen LogP contribution in [-0.4, -0.2) is 18.2 Å². The highest BCUT2D eigenvalue weighted by Gasteiger charge is 2.17. The van der Waals surface area contributed by atoms with Gasteiger partial charge in [0.05, 0.1) is 0 Å². The molecule has 0 heterocycles. The first-order chi connectivity index (χ1) is 10.9. The van der Waals surface area contributed by atoms with E-state index in [2.05, 4.69) is 24.3 Å². The molecule has 0 atom stereocenters. The summed E-state index contributed by atoms with van der Waals surface area (Å²) in [5, 5.41) is 4.41. The molecule has 3 aromatic rings. The molecular formula is C20H20O3. The van der Waals surface area contributed by atoms with Crippen molar-refractivity contribution in [3.05, 3.63) is 54.6 Å². The summed E-state index contributed by atoms with van der Waals surface area (Å²) in [6.45, 7) is 5.43. The van der Waals surface area contributed by atoms with Crippen LogP contribution in [0.3, 0.4) is 0 Å². The largest absolute Gasteiger partial charge is 0.481 e. The highest BCUT2D eigenvalue weighted by Crippen LogP contribution is 2.30. The molecule has 0 fully saturated rings. The summed E-state index contributed by atoms with van der Waals surface area (Å²) < 4.78 is 11.0. The van der Waals surface area contributed by atoms with Gasteiger partial charge >= 0.3 is 5.97 Å². The number of esters is 1. The lowest BCUT2D eigenvalue weighted by atomic mass is 10.0. The third-order valence-corrected chi connectivity index (χ3v) is 3.47. The van der Waals surface area contributed by atoms with E-state index in [1.165, 1.54) is 5.39 Å². The molecule has 0 N–H and O–H groups in total. The maximum Gasteiger partial charge on any atom is 0.344 e. The molecule has 0 unspecified atom stereocenters. The molecule has 0 spiro atoms. The minimum absolute atomic E-state index is 0.0940. The molecule has 0 aliphatic heterocycles. The first-order valence-corrected chi connectivity index (χ1v) is 7.68. The highest BCUT2D eigenvalue weighted by atomic mass is 16.6. The Labute approximate surface area is 135 Å². The normalized spacial score (nSPS) is 11.6. The van der Waals surface area contributed by atoms with E-state index in [9.17, 15) is 4.79 Å². The van der Waals surface area contributed by atoms with Gasteiger partial charge in [0.25, 0.3) is 0 Å². The van der Waals surface area contributed by atoms with Crippen molar-refractivity contribution >= 4 is 27.5 Å². The van der Waals surface area contributed by atoms with E-state index in [0.29, 0.717) is 5.75 Å². The quantitative estimate of drug-likeness (QED) is 0.519. The van der Waals surface area contributed by atoms with Crippen molar-refractivity contribution in [1.29, 1.82) is 0 Å². The standard InChI is InChI=1S/C20H20O3/c1-20(2,3)23-19(21)13-22-18-10-6-9-16-11-14-7-4-5-8-15(14)12-17(16)18/h4-12H,13H2,1-3H3. The summed E-state index contributed by atoms with van der Waals surface area (Å²) in [4.78, 5) is 11.8. The summed E-state index contributed by atoms with van der Waals surface area (Å²) in [5.74, 6) is 0.328. The second-order valence-electron chi connectivity index (χ2n) is 6.55. The van der Waals surface area contributed by atoms with Crippen molar-refractivity contribution in [1.82, 2.24) is 0 Å². The summed E-state index contributed by atoms with van der Waals surface area (Å²) in [6, 6.07) is 18.3. The summed E-state index contributed by atoms with van der Waals surface area (Å²) in [6.07, 6.45) is 0. The van der Waals surface area contributed by atoms with Crippen LogP contribution in [0.5, 0.6) is 5.75 Å². The zero-order valence-corrected chi connectivity index (χ0v) is 13.6. The number of carbonyl (C=O) groups is 1. The van der Waals surface area contributed by atoms with Gasteiger partial charge in [0, 0.05) is 5.39 Å². The molecule has 0 bridgehead atoms. The topological polar surface area (TPSA) is 35.5 Å². The zero-order valence-electron chi connectivity index (χ0n) is 13.6. The molecule has 118 valence electrons. The van der Waals surface area contributed by atoms with Crippen molar-refractivity contribution in [3.63, 3.8) is 0 Å². The van der Waals surface area contributed by atoms with Gasteiger partial charge in [0.15, 0.2) is 6.61 Å². The fourth-order valence-corrected chi connectivity index (χ4v) is 2.57.